The standard InChI is InChI=1S/C26H27FN2O2S/c1-2-19-5-9-21(10-6-19)26(31)29(23-13-14-23)18-25(30)28(17-24-4-3-15-32-24)16-20-7-11-22(27)12-8-20/h3-12,15,23H,2,13-14,16-18H2,1H3. The smallest absolute Gasteiger partial charge is 0.254 e. The first-order valence-electron chi connectivity index (χ1n) is 11.0. The lowest BCUT2D eigenvalue weighted by atomic mass is 10.1. The minimum absolute atomic E-state index is 0.0472. The van der Waals surface area contributed by atoms with E-state index in [1.807, 2.05) is 41.8 Å². The summed E-state index contributed by atoms with van der Waals surface area (Å²) >= 11 is 1.59. The summed E-state index contributed by atoms with van der Waals surface area (Å²) < 4.78 is 13.3. The summed E-state index contributed by atoms with van der Waals surface area (Å²) in [6.45, 7) is 2.96. The van der Waals surface area contributed by atoms with Crippen molar-refractivity contribution in [2.24, 2.45) is 0 Å². The normalized spacial score (nSPS) is 13.1. The van der Waals surface area contributed by atoms with Crippen molar-refractivity contribution in [3.05, 3.63) is 93.4 Å². The van der Waals surface area contributed by atoms with Gasteiger partial charge in [-0.2, -0.15) is 0 Å². The molecule has 2 aromatic carbocycles. The van der Waals surface area contributed by atoms with E-state index in [4.69, 9.17) is 0 Å². The van der Waals surface area contributed by atoms with E-state index in [9.17, 15) is 14.0 Å². The number of carbonyl (C=O) groups is 2. The number of amides is 2. The molecule has 0 radical (unpaired) electrons. The Morgan fingerprint density at radius 2 is 1.66 bits per heavy atom. The van der Waals surface area contributed by atoms with Crippen molar-refractivity contribution in [1.29, 1.82) is 0 Å². The Kier molecular flexibility index (Phi) is 7.00. The van der Waals surface area contributed by atoms with Gasteiger partial charge in [-0.1, -0.05) is 37.3 Å². The van der Waals surface area contributed by atoms with Crippen molar-refractivity contribution in [1.82, 2.24) is 9.80 Å². The number of rotatable bonds is 9. The van der Waals surface area contributed by atoms with Gasteiger partial charge in [0.05, 0.1) is 6.54 Å². The maximum absolute atomic E-state index is 13.4. The Morgan fingerprint density at radius 1 is 0.969 bits per heavy atom. The van der Waals surface area contributed by atoms with Crippen LogP contribution in [0.4, 0.5) is 4.39 Å². The maximum Gasteiger partial charge on any atom is 0.254 e. The molecule has 0 unspecified atom stereocenters. The lowest BCUT2D eigenvalue weighted by molar-refractivity contribution is -0.133. The van der Waals surface area contributed by atoms with Crippen molar-refractivity contribution < 1.29 is 14.0 Å². The zero-order valence-corrected chi connectivity index (χ0v) is 19.0. The molecule has 4 rings (SSSR count). The zero-order chi connectivity index (χ0) is 22.5. The summed E-state index contributed by atoms with van der Waals surface area (Å²) in [6, 6.07) is 17.9. The van der Waals surface area contributed by atoms with E-state index >= 15 is 0 Å². The molecule has 1 aliphatic carbocycles. The van der Waals surface area contributed by atoms with E-state index in [2.05, 4.69) is 6.92 Å². The topological polar surface area (TPSA) is 40.6 Å². The van der Waals surface area contributed by atoms with Gasteiger partial charge in [0.2, 0.25) is 5.91 Å². The summed E-state index contributed by atoms with van der Waals surface area (Å²) in [5.41, 5.74) is 2.65. The van der Waals surface area contributed by atoms with E-state index < -0.39 is 0 Å². The minimum Gasteiger partial charge on any atom is -0.332 e. The van der Waals surface area contributed by atoms with E-state index in [0.29, 0.717) is 18.7 Å². The van der Waals surface area contributed by atoms with Crippen LogP contribution >= 0.6 is 11.3 Å². The summed E-state index contributed by atoms with van der Waals surface area (Å²) in [6.07, 6.45) is 2.77. The monoisotopic (exact) mass is 450 g/mol. The van der Waals surface area contributed by atoms with Gasteiger partial charge in [0.15, 0.2) is 0 Å². The van der Waals surface area contributed by atoms with Crippen LogP contribution in [0, 0.1) is 5.82 Å². The number of thiophene rings is 1. The van der Waals surface area contributed by atoms with Crippen molar-refractivity contribution in [2.75, 3.05) is 6.54 Å². The van der Waals surface area contributed by atoms with Crippen LogP contribution in [0.1, 0.15) is 46.1 Å². The molecule has 0 spiro atoms. The first kappa shape index (κ1) is 22.2. The molecule has 1 fully saturated rings. The SMILES string of the molecule is CCc1ccc(C(=O)N(CC(=O)N(Cc2ccc(F)cc2)Cc2cccs2)C2CC2)cc1. The Morgan fingerprint density at radius 3 is 2.25 bits per heavy atom. The van der Waals surface area contributed by atoms with Crippen molar-refractivity contribution >= 4 is 23.2 Å². The third kappa shape index (κ3) is 5.62. The number of hydrogen-bond donors (Lipinski definition) is 0. The van der Waals surface area contributed by atoms with Gasteiger partial charge in [-0.3, -0.25) is 9.59 Å². The number of aryl methyl sites for hydroxylation is 1. The Labute approximate surface area is 192 Å². The summed E-state index contributed by atoms with van der Waals surface area (Å²) in [4.78, 5) is 31.1. The van der Waals surface area contributed by atoms with E-state index in [1.165, 1.54) is 17.7 Å². The number of hydrogen-bond acceptors (Lipinski definition) is 3. The third-order valence-corrected chi connectivity index (χ3v) is 6.59. The highest BCUT2D eigenvalue weighted by Gasteiger charge is 2.35. The number of benzene rings is 2. The van der Waals surface area contributed by atoms with Gasteiger partial charge in [-0.15, -0.1) is 11.3 Å². The summed E-state index contributed by atoms with van der Waals surface area (Å²) in [5, 5.41) is 1.98. The average molecular weight is 451 g/mol. The molecule has 2 amide bonds. The molecule has 0 atom stereocenters. The molecule has 1 aromatic heterocycles. The molecule has 6 heteroatoms. The molecule has 0 N–H and O–H groups in total. The maximum atomic E-state index is 13.4. The second-order valence-corrected chi connectivity index (χ2v) is 9.20. The summed E-state index contributed by atoms with van der Waals surface area (Å²) in [5.74, 6) is -0.501. The fourth-order valence-electron chi connectivity index (χ4n) is 3.68. The van der Waals surface area contributed by atoms with Crippen molar-refractivity contribution in [3.63, 3.8) is 0 Å². The van der Waals surface area contributed by atoms with Gasteiger partial charge in [0.1, 0.15) is 12.4 Å². The average Bonchev–Trinajstić information content (AvgIpc) is 3.53. The molecule has 1 saturated carbocycles. The van der Waals surface area contributed by atoms with Crippen LogP contribution in [0.25, 0.3) is 0 Å². The third-order valence-electron chi connectivity index (χ3n) is 5.73. The molecule has 0 bridgehead atoms. The van der Waals surface area contributed by atoms with Gasteiger partial charge < -0.3 is 9.80 Å². The van der Waals surface area contributed by atoms with Crippen molar-refractivity contribution in [3.8, 4) is 0 Å². The van der Waals surface area contributed by atoms with Crippen LogP contribution in [0.15, 0.2) is 66.0 Å². The molecule has 4 nitrogen and oxygen atoms in total. The number of halogens is 1. The van der Waals surface area contributed by atoms with Gasteiger partial charge in [0, 0.05) is 23.0 Å². The minimum atomic E-state index is -0.301. The lowest BCUT2D eigenvalue weighted by Gasteiger charge is -2.28. The molecular formula is C26H27FN2O2S. The quantitative estimate of drug-likeness (QED) is 0.445. The first-order chi connectivity index (χ1) is 15.5. The fourth-order valence-corrected chi connectivity index (χ4v) is 4.40. The molecule has 1 heterocycles. The van der Waals surface area contributed by atoms with Crippen LogP contribution in [0.2, 0.25) is 0 Å². The molecule has 0 aliphatic heterocycles. The van der Waals surface area contributed by atoms with E-state index in [-0.39, 0.29) is 30.2 Å². The van der Waals surface area contributed by atoms with Crippen LogP contribution < -0.4 is 0 Å². The predicted octanol–water partition coefficient (Wildman–Crippen LogP) is 5.28. The van der Waals surface area contributed by atoms with Crippen LogP contribution in [0.5, 0.6) is 0 Å². The second kappa shape index (κ2) is 10.1. The summed E-state index contributed by atoms with van der Waals surface area (Å²) in [7, 11) is 0. The largest absolute Gasteiger partial charge is 0.332 e. The highest BCUT2D eigenvalue weighted by molar-refractivity contribution is 7.09. The van der Waals surface area contributed by atoms with E-state index in [1.54, 1.807) is 33.3 Å². The molecule has 32 heavy (non-hydrogen) atoms. The molecule has 0 saturated heterocycles. The Hall–Kier alpha value is -2.99. The highest BCUT2D eigenvalue weighted by Crippen LogP contribution is 2.29. The number of nitrogens with zero attached hydrogens (tertiary/aromatic N) is 2. The molecule has 3 aromatic rings. The highest BCUT2D eigenvalue weighted by atomic mass is 32.1. The van der Waals surface area contributed by atoms with E-state index in [0.717, 1.165) is 29.7 Å². The van der Waals surface area contributed by atoms with Crippen LogP contribution in [-0.2, 0) is 24.3 Å². The molecule has 166 valence electrons. The van der Waals surface area contributed by atoms with Gasteiger partial charge in [0.25, 0.3) is 5.91 Å². The van der Waals surface area contributed by atoms with Gasteiger partial charge in [-0.25, -0.2) is 4.39 Å². The number of carbonyl (C=O) groups excluding carboxylic acids is 2. The zero-order valence-electron chi connectivity index (χ0n) is 18.2. The lowest BCUT2D eigenvalue weighted by Crippen LogP contribution is -2.43. The first-order valence-corrected chi connectivity index (χ1v) is 11.9. The second-order valence-electron chi connectivity index (χ2n) is 8.17. The Balaban J connectivity index is 1.51. The van der Waals surface area contributed by atoms with Crippen molar-refractivity contribution in [2.45, 2.75) is 45.3 Å². The predicted molar refractivity (Wildman–Crippen MR) is 125 cm³/mol. The molecular weight excluding hydrogens is 423 g/mol. The van der Waals surface area contributed by atoms with Gasteiger partial charge in [-0.05, 0) is 66.1 Å². The van der Waals surface area contributed by atoms with Crippen LogP contribution in [-0.4, -0.2) is 34.2 Å². The molecule has 1 aliphatic rings. The fraction of sp³-hybridized carbons (Fsp3) is 0.308. The Bertz CT molecular complexity index is 1040. The van der Waals surface area contributed by atoms with Gasteiger partial charge >= 0.3 is 0 Å². The van der Waals surface area contributed by atoms with Crippen LogP contribution in [0.3, 0.4) is 0 Å².